The lowest BCUT2D eigenvalue weighted by molar-refractivity contribution is -0.125. The summed E-state index contributed by atoms with van der Waals surface area (Å²) in [5.41, 5.74) is -0.321. The summed E-state index contributed by atoms with van der Waals surface area (Å²) in [5.74, 6) is -1.01. The van der Waals surface area contributed by atoms with Gasteiger partial charge in [-0.05, 0) is 32.5 Å². The Hall–Kier alpha value is -1.04. The van der Waals surface area contributed by atoms with Gasteiger partial charge in [0.15, 0.2) is 0 Å². The average molecular weight is 299 g/mol. The summed E-state index contributed by atoms with van der Waals surface area (Å²) in [7, 11) is 1.81. The van der Waals surface area contributed by atoms with Crippen LogP contribution in [0.3, 0.4) is 0 Å². The van der Waals surface area contributed by atoms with Gasteiger partial charge in [-0.2, -0.15) is 0 Å². The molecule has 0 saturated carbocycles. The zero-order valence-electron chi connectivity index (χ0n) is 12.6. The van der Waals surface area contributed by atoms with Gasteiger partial charge in [0, 0.05) is 44.3 Å². The van der Waals surface area contributed by atoms with Crippen molar-refractivity contribution in [2.24, 2.45) is 0 Å². The Morgan fingerprint density at radius 1 is 1.29 bits per heavy atom. The normalized spacial score (nSPS) is 19.4. The van der Waals surface area contributed by atoms with E-state index < -0.39 is 17.2 Å². The predicted molar refractivity (Wildman–Crippen MR) is 77.3 cm³/mol. The van der Waals surface area contributed by atoms with Crippen LogP contribution >= 0.6 is 0 Å². The van der Waals surface area contributed by atoms with Crippen LogP contribution in [0, 0.1) is 11.6 Å². The number of hydrogen-bond acceptors (Lipinski definition) is 3. The minimum atomic E-state index is -0.506. The quantitative estimate of drug-likeness (QED) is 0.876. The highest BCUT2D eigenvalue weighted by atomic mass is 19.1. The first kappa shape index (κ1) is 16.3. The largest absolute Gasteiger partial charge is 0.381 e. The Labute approximate surface area is 124 Å². The van der Waals surface area contributed by atoms with Gasteiger partial charge in [0.2, 0.25) is 0 Å². The van der Waals surface area contributed by atoms with Crippen molar-refractivity contribution in [1.29, 1.82) is 0 Å². The predicted octanol–water partition coefficient (Wildman–Crippen LogP) is 2.68. The Morgan fingerprint density at radius 3 is 2.43 bits per heavy atom. The van der Waals surface area contributed by atoms with Crippen molar-refractivity contribution in [2.75, 3.05) is 26.9 Å². The smallest absolute Gasteiger partial charge is 0.129 e. The van der Waals surface area contributed by atoms with Crippen LogP contribution in [0.5, 0.6) is 0 Å². The lowest BCUT2D eigenvalue weighted by Gasteiger charge is -2.43. The molecule has 3 nitrogen and oxygen atoms in total. The van der Waals surface area contributed by atoms with E-state index in [1.807, 2.05) is 6.92 Å². The molecule has 2 rings (SSSR count). The van der Waals surface area contributed by atoms with Gasteiger partial charge in [-0.3, -0.25) is 0 Å². The van der Waals surface area contributed by atoms with Gasteiger partial charge in [0.1, 0.15) is 11.6 Å². The van der Waals surface area contributed by atoms with Crippen LogP contribution in [0.1, 0.15) is 25.3 Å². The standard InChI is InChI=1S/C16H23F2NO2/c1-3-21-16(7-9-20-10-8-16)15(19-2)11-12-13(17)5-4-6-14(12)18/h4-6,15,19H,3,7-11H2,1-2H3. The van der Waals surface area contributed by atoms with E-state index in [2.05, 4.69) is 5.32 Å². The maximum absolute atomic E-state index is 13.9. The average Bonchev–Trinajstić information content (AvgIpc) is 2.48. The molecule has 1 atom stereocenters. The van der Waals surface area contributed by atoms with Gasteiger partial charge in [-0.25, -0.2) is 8.78 Å². The van der Waals surface area contributed by atoms with Crippen LogP contribution in [0.25, 0.3) is 0 Å². The molecule has 1 unspecified atom stereocenters. The summed E-state index contributed by atoms with van der Waals surface area (Å²) in [4.78, 5) is 0. The third-order valence-electron chi connectivity index (χ3n) is 4.22. The van der Waals surface area contributed by atoms with E-state index in [9.17, 15) is 8.78 Å². The fourth-order valence-electron chi connectivity index (χ4n) is 3.08. The summed E-state index contributed by atoms with van der Waals surface area (Å²) in [5, 5.41) is 3.19. The van der Waals surface area contributed by atoms with Gasteiger partial charge < -0.3 is 14.8 Å². The van der Waals surface area contributed by atoms with Crippen LogP contribution in [0.4, 0.5) is 8.78 Å². The lowest BCUT2D eigenvalue weighted by Crippen LogP contribution is -2.55. The van der Waals surface area contributed by atoms with Crippen molar-refractivity contribution in [3.05, 3.63) is 35.4 Å². The summed E-state index contributed by atoms with van der Waals surface area (Å²) >= 11 is 0. The number of likely N-dealkylation sites (N-methyl/N-ethyl adjacent to an activating group) is 1. The van der Waals surface area contributed by atoms with E-state index in [1.165, 1.54) is 18.2 Å². The van der Waals surface area contributed by atoms with E-state index in [1.54, 1.807) is 7.05 Å². The molecule has 0 aromatic heterocycles. The first-order valence-electron chi connectivity index (χ1n) is 7.45. The third kappa shape index (κ3) is 3.59. The van der Waals surface area contributed by atoms with Gasteiger partial charge >= 0.3 is 0 Å². The van der Waals surface area contributed by atoms with Crippen molar-refractivity contribution >= 4 is 0 Å². The second-order valence-electron chi connectivity index (χ2n) is 5.36. The van der Waals surface area contributed by atoms with Crippen LogP contribution in [-0.4, -0.2) is 38.5 Å². The molecule has 1 fully saturated rings. The summed E-state index contributed by atoms with van der Waals surface area (Å²) in [6.45, 7) is 3.72. The zero-order chi connectivity index (χ0) is 15.3. The SMILES string of the molecule is CCOC1(C(Cc2c(F)cccc2F)NC)CCOCC1. The Kier molecular flexibility index (Phi) is 5.67. The molecule has 1 aliphatic rings. The topological polar surface area (TPSA) is 30.5 Å². The van der Waals surface area contributed by atoms with E-state index in [4.69, 9.17) is 9.47 Å². The molecule has 1 aromatic carbocycles. The van der Waals surface area contributed by atoms with Gasteiger partial charge in [-0.1, -0.05) is 6.07 Å². The number of halogens is 2. The van der Waals surface area contributed by atoms with E-state index in [-0.39, 0.29) is 18.0 Å². The molecule has 5 heteroatoms. The second-order valence-corrected chi connectivity index (χ2v) is 5.36. The number of rotatable bonds is 6. The Morgan fingerprint density at radius 2 is 1.90 bits per heavy atom. The molecule has 0 spiro atoms. The first-order valence-corrected chi connectivity index (χ1v) is 7.45. The molecule has 0 bridgehead atoms. The number of nitrogens with one attached hydrogen (secondary N) is 1. The van der Waals surface area contributed by atoms with Gasteiger partial charge in [-0.15, -0.1) is 0 Å². The lowest BCUT2D eigenvalue weighted by atomic mass is 9.82. The Balaban J connectivity index is 2.24. The maximum atomic E-state index is 13.9. The highest BCUT2D eigenvalue weighted by molar-refractivity contribution is 5.22. The highest BCUT2D eigenvalue weighted by Crippen LogP contribution is 2.31. The molecular formula is C16H23F2NO2. The van der Waals surface area contributed by atoms with Crippen molar-refractivity contribution < 1.29 is 18.3 Å². The zero-order valence-corrected chi connectivity index (χ0v) is 12.6. The molecule has 0 aliphatic carbocycles. The van der Waals surface area contributed by atoms with E-state index >= 15 is 0 Å². The van der Waals surface area contributed by atoms with E-state index in [0.717, 1.165) is 12.8 Å². The minimum absolute atomic E-state index is 0.113. The van der Waals surface area contributed by atoms with E-state index in [0.29, 0.717) is 19.8 Å². The number of hydrogen-bond donors (Lipinski definition) is 1. The fourth-order valence-corrected chi connectivity index (χ4v) is 3.08. The summed E-state index contributed by atoms with van der Waals surface area (Å²) in [6, 6.07) is 3.81. The van der Waals surface area contributed by atoms with Crippen molar-refractivity contribution in [2.45, 2.75) is 37.8 Å². The number of ether oxygens (including phenoxy) is 2. The molecule has 0 radical (unpaired) electrons. The van der Waals surface area contributed by atoms with Crippen molar-refractivity contribution in [1.82, 2.24) is 5.32 Å². The van der Waals surface area contributed by atoms with Crippen LogP contribution in [-0.2, 0) is 15.9 Å². The molecular weight excluding hydrogens is 276 g/mol. The fraction of sp³-hybridized carbons (Fsp3) is 0.625. The molecule has 0 amide bonds. The van der Waals surface area contributed by atoms with Crippen LogP contribution < -0.4 is 5.32 Å². The first-order chi connectivity index (χ1) is 10.1. The molecule has 118 valence electrons. The van der Waals surface area contributed by atoms with Crippen molar-refractivity contribution in [3.63, 3.8) is 0 Å². The van der Waals surface area contributed by atoms with Crippen molar-refractivity contribution in [3.8, 4) is 0 Å². The third-order valence-corrected chi connectivity index (χ3v) is 4.22. The maximum Gasteiger partial charge on any atom is 0.129 e. The van der Waals surface area contributed by atoms with Crippen LogP contribution in [0.2, 0.25) is 0 Å². The minimum Gasteiger partial charge on any atom is -0.381 e. The molecule has 1 aliphatic heterocycles. The molecule has 21 heavy (non-hydrogen) atoms. The summed E-state index contributed by atoms with van der Waals surface area (Å²) in [6.07, 6.45) is 1.71. The van der Waals surface area contributed by atoms with Gasteiger partial charge in [0.25, 0.3) is 0 Å². The number of benzene rings is 1. The second kappa shape index (κ2) is 7.29. The molecule has 1 saturated heterocycles. The summed E-state index contributed by atoms with van der Waals surface area (Å²) < 4.78 is 39.2. The van der Waals surface area contributed by atoms with Crippen LogP contribution in [0.15, 0.2) is 18.2 Å². The highest BCUT2D eigenvalue weighted by Gasteiger charge is 2.41. The van der Waals surface area contributed by atoms with Gasteiger partial charge in [0.05, 0.1) is 5.60 Å². The Bertz CT molecular complexity index is 436. The molecule has 1 aromatic rings. The monoisotopic (exact) mass is 299 g/mol. The molecule has 1 heterocycles. The molecule has 1 N–H and O–H groups in total.